The van der Waals surface area contributed by atoms with E-state index in [2.05, 4.69) is 20.2 Å². The van der Waals surface area contributed by atoms with Crippen molar-refractivity contribution in [3.05, 3.63) is 24.1 Å². The third kappa shape index (κ3) is 3.38. The molecule has 23 heavy (non-hydrogen) atoms. The average Bonchev–Trinajstić information content (AvgIpc) is 3.05. The minimum absolute atomic E-state index is 0.215. The highest BCUT2D eigenvalue weighted by Crippen LogP contribution is 2.29. The molecule has 0 atom stereocenters. The molecule has 1 amide bonds. The van der Waals surface area contributed by atoms with E-state index in [4.69, 9.17) is 4.42 Å². The molecule has 122 valence electrons. The van der Waals surface area contributed by atoms with E-state index in [1.54, 1.807) is 6.20 Å². The fourth-order valence-electron chi connectivity index (χ4n) is 2.86. The number of nitrogens with zero attached hydrogens (tertiary/aromatic N) is 5. The van der Waals surface area contributed by atoms with E-state index < -0.39 is 0 Å². The van der Waals surface area contributed by atoms with E-state index in [0.717, 1.165) is 43.6 Å². The maximum atomic E-state index is 11.9. The number of amides is 1. The molecule has 1 fully saturated rings. The normalized spacial score (nSPS) is 15.8. The van der Waals surface area contributed by atoms with Crippen LogP contribution in [0.3, 0.4) is 0 Å². The van der Waals surface area contributed by atoms with Gasteiger partial charge in [-0.3, -0.25) is 4.79 Å². The summed E-state index contributed by atoms with van der Waals surface area (Å²) < 4.78 is 5.83. The number of carbonyl (C=O) groups excluding carboxylic acids is 1. The average molecular weight is 315 g/mol. The quantitative estimate of drug-likeness (QED) is 0.861. The lowest BCUT2D eigenvalue weighted by Crippen LogP contribution is -2.37. The van der Waals surface area contributed by atoms with Crippen molar-refractivity contribution in [3.63, 3.8) is 0 Å². The van der Waals surface area contributed by atoms with E-state index >= 15 is 0 Å². The van der Waals surface area contributed by atoms with Crippen LogP contribution in [-0.4, -0.2) is 44.1 Å². The number of rotatable bonds is 4. The van der Waals surface area contributed by atoms with Crippen LogP contribution < -0.4 is 0 Å². The summed E-state index contributed by atoms with van der Waals surface area (Å²) in [5.74, 6) is 1.56. The summed E-state index contributed by atoms with van der Waals surface area (Å²) in [5.41, 5.74) is 1.58. The minimum Gasteiger partial charge on any atom is -0.420 e. The summed E-state index contributed by atoms with van der Waals surface area (Å²) >= 11 is 0. The fraction of sp³-hybridized carbons (Fsp3) is 0.562. The Bertz CT molecular complexity index is 677. The van der Waals surface area contributed by atoms with Crippen molar-refractivity contribution >= 4 is 5.91 Å². The first-order valence-corrected chi connectivity index (χ1v) is 8.07. The van der Waals surface area contributed by atoms with Crippen molar-refractivity contribution < 1.29 is 9.21 Å². The maximum absolute atomic E-state index is 11.9. The van der Waals surface area contributed by atoms with E-state index in [9.17, 15) is 4.79 Å². The van der Waals surface area contributed by atoms with Gasteiger partial charge >= 0.3 is 0 Å². The van der Waals surface area contributed by atoms with Crippen molar-refractivity contribution in [3.8, 4) is 11.5 Å². The van der Waals surface area contributed by atoms with Gasteiger partial charge in [0.25, 0.3) is 5.89 Å². The Morgan fingerprint density at radius 1 is 1.35 bits per heavy atom. The first-order valence-electron chi connectivity index (χ1n) is 8.07. The molecule has 1 aliphatic heterocycles. The van der Waals surface area contributed by atoms with Crippen LogP contribution in [0.2, 0.25) is 0 Å². The number of aromatic nitrogens is 4. The molecule has 2 aromatic heterocycles. The molecule has 2 aromatic rings. The monoisotopic (exact) mass is 315 g/mol. The highest BCUT2D eigenvalue weighted by molar-refractivity contribution is 5.76. The number of likely N-dealkylation sites (tertiary alicyclic amines) is 1. The zero-order chi connectivity index (χ0) is 16.2. The molecule has 0 spiro atoms. The first kappa shape index (κ1) is 15.6. The molecule has 3 heterocycles. The van der Waals surface area contributed by atoms with E-state index in [1.807, 2.05) is 18.7 Å². The lowest BCUT2D eigenvalue weighted by molar-refractivity contribution is -0.132. The second-order valence-corrected chi connectivity index (χ2v) is 5.87. The summed E-state index contributed by atoms with van der Waals surface area (Å²) in [4.78, 5) is 22.0. The smallest absolute Gasteiger partial charge is 0.251 e. The number of hydrogen-bond donors (Lipinski definition) is 0. The van der Waals surface area contributed by atoms with Gasteiger partial charge in [-0.2, -0.15) is 0 Å². The molecule has 0 radical (unpaired) electrons. The molecule has 0 saturated carbocycles. The van der Waals surface area contributed by atoms with Gasteiger partial charge in [0.15, 0.2) is 0 Å². The standard InChI is InChI=1S/C16H21N5O2/c1-3-4-14(22)21-7-5-12(6-8-21)15-19-20-16(23-15)13-9-17-10-18-11(13)2/h9-10,12H,3-8H2,1-2H3. The maximum Gasteiger partial charge on any atom is 0.251 e. The number of aryl methyl sites for hydroxylation is 1. The highest BCUT2D eigenvalue weighted by atomic mass is 16.4. The van der Waals surface area contributed by atoms with E-state index in [0.29, 0.717) is 18.2 Å². The minimum atomic E-state index is 0.215. The summed E-state index contributed by atoms with van der Waals surface area (Å²) in [6, 6.07) is 0. The third-order valence-electron chi connectivity index (χ3n) is 4.24. The molecule has 1 aliphatic rings. The summed E-state index contributed by atoms with van der Waals surface area (Å²) in [5, 5.41) is 8.32. The molecular weight excluding hydrogens is 294 g/mol. The van der Waals surface area contributed by atoms with Gasteiger partial charge in [0, 0.05) is 31.6 Å². The van der Waals surface area contributed by atoms with Crippen molar-refractivity contribution in [2.75, 3.05) is 13.1 Å². The zero-order valence-corrected chi connectivity index (χ0v) is 13.5. The second kappa shape index (κ2) is 6.85. The molecule has 0 bridgehead atoms. The van der Waals surface area contributed by atoms with Crippen molar-refractivity contribution in [1.82, 2.24) is 25.1 Å². The topological polar surface area (TPSA) is 85.0 Å². The molecule has 0 unspecified atom stereocenters. The van der Waals surface area contributed by atoms with Crippen molar-refractivity contribution in [1.29, 1.82) is 0 Å². The summed E-state index contributed by atoms with van der Waals surface area (Å²) in [6.45, 7) is 5.43. The number of carbonyl (C=O) groups is 1. The summed E-state index contributed by atoms with van der Waals surface area (Å²) in [6.07, 6.45) is 6.43. The largest absolute Gasteiger partial charge is 0.420 e. The second-order valence-electron chi connectivity index (χ2n) is 5.87. The molecule has 7 heteroatoms. The Morgan fingerprint density at radius 3 is 2.83 bits per heavy atom. The summed E-state index contributed by atoms with van der Waals surface area (Å²) in [7, 11) is 0. The predicted molar refractivity (Wildman–Crippen MR) is 83.5 cm³/mol. The van der Waals surface area contributed by atoms with Gasteiger partial charge in [-0.1, -0.05) is 6.92 Å². The van der Waals surface area contributed by atoms with Crippen LogP contribution in [0.5, 0.6) is 0 Å². The van der Waals surface area contributed by atoms with Gasteiger partial charge in [0.2, 0.25) is 11.8 Å². The lowest BCUT2D eigenvalue weighted by Gasteiger charge is -2.30. The van der Waals surface area contributed by atoms with Crippen LogP contribution in [-0.2, 0) is 4.79 Å². The Morgan fingerprint density at radius 2 is 2.13 bits per heavy atom. The number of hydrogen-bond acceptors (Lipinski definition) is 6. The van der Waals surface area contributed by atoms with Gasteiger partial charge in [-0.05, 0) is 26.2 Å². The Hall–Kier alpha value is -2.31. The van der Waals surface area contributed by atoms with Crippen LogP contribution in [0.1, 0.15) is 50.1 Å². The van der Waals surface area contributed by atoms with Gasteiger partial charge in [-0.25, -0.2) is 9.97 Å². The fourth-order valence-corrected chi connectivity index (χ4v) is 2.86. The molecular formula is C16H21N5O2. The Kier molecular flexibility index (Phi) is 4.64. The van der Waals surface area contributed by atoms with E-state index in [1.165, 1.54) is 6.33 Å². The van der Waals surface area contributed by atoms with Crippen LogP contribution in [0.25, 0.3) is 11.5 Å². The van der Waals surface area contributed by atoms with Crippen molar-refractivity contribution in [2.45, 2.75) is 45.4 Å². The van der Waals surface area contributed by atoms with E-state index in [-0.39, 0.29) is 11.8 Å². The molecule has 7 nitrogen and oxygen atoms in total. The molecule has 0 aromatic carbocycles. The molecule has 3 rings (SSSR count). The SMILES string of the molecule is CCCC(=O)N1CCC(c2nnc(-c3cncnc3C)o2)CC1. The van der Waals surface area contributed by atoms with Crippen molar-refractivity contribution in [2.24, 2.45) is 0 Å². The van der Waals surface area contributed by atoms with Gasteiger partial charge < -0.3 is 9.32 Å². The van der Waals surface area contributed by atoms with Crippen LogP contribution in [0.4, 0.5) is 0 Å². The van der Waals surface area contributed by atoms with Gasteiger partial charge in [-0.15, -0.1) is 10.2 Å². The van der Waals surface area contributed by atoms with Gasteiger partial charge in [0.1, 0.15) is 6.33 Å². The number of piperidine rings is 1. The third-order valence-corrected chi connectivity index (χ3v) is 4.24. The Labute approximate surface area is 135 Å². The van der Waals surface area contributed by atoms with Crippen LogP contribution in [0, 0.1) is 6.92 Å². The zero-order valence-electron chi connectivity index (χ0n) is 13.5. The van der Waals surface area contributed by atoms with Crippen LogP contribution in [0.15, 0.2) is 16.9 Å². The molecule has 0 N–H and O–H groups in total. The molecule has 0 aliphatic carbocycles. The van der Waals surface area contributed by atoms with Gasteiger partial charge in [0.05, 0.1) is 11.3 Å². The predicted octanol–water partition coefficient (Wildman–Crippen LogP) is 2.34. The Balaban J connectivity index is 1.66. The highest BCUT2D eigenvalue weighted by Gasteiger charge is 2.27. The lowest BCUT2D eigenvalue weighted by atomic mass is 9.96. The molecule has 1 saturated heterocycles. The first-order chi connectivity index (χ1) is 11.2. The van der Waals surface area contributed by atoms with Crippen LogP contribution >= 0.6 is 0 Å².